The topological polar surface area (TPSA) is 105 Å². The molecule has 0 radical (unpaired) electrons. The lowest BCUT2D eigenvalue weighted by atomic mass is 10.0. The minimum Gasteiger partial charge on any atom is -0.360 e. The monoisotopic (exact) mass is 288 g/mol. The van der Waals surface area contributed by atoms with E-state index in [2.05, 4.69) is 31.1 Å². The van der Waals surface area contributed by atoms with Crippen molar-refractivity contribution < 1.29 is 9.32 Å². The summed E-state index contributed by atoms with van der Waals surface area (Å²) < 4.78 is 4.99. The zero-order valence-corrected chi connectivity index (χ0v) is 12.0. The number of aromatic nitrogens is 3. The summed E-state index contributed by atoms with van der Waals surface area (Å²) in [5.41, 5.74) is 0.514. The standard InChI is InChI=1S/C13H16N6O2/c1-6(2)9-13(20)18-10-11(14-5-15-12(10)17-9)16-8-4-7(3)21-19-8/h4-6,9H,1-3H3,(H,18,20)(H2,14,15,16,17,19). The van der Waals surface area contributed by atoms with Gasteiger partial charge in [-0.2, -0.15) is 0 Å². The molecule has 0 aromatic carbocycles. The Kier molecular flexibility index (Phi) is 3.20. The van der Waals surface area contributed by atoms with Gasteiger partial charge >= 0.3 is 0 Å². The number of hydrogen-bond acceptors (Lipinski definition) is 7. The maximum Gasteiger partial charge on any atom is 0.247 e. The van der Waals surface area contributed by atoms with Crippen LogP contribution in [0.3, 0.4) is 0 Å². The first-order valence-corrected chi connectivity index (χ1v) is 6.67. The van der Waals surface area contributed by atoms with Crippen molar-refractivity contribution in [2.75, 3.05) is 16.0 Å². The maximum absolute atomic E-state index is 12.1. The van der Waals surface area contributed by atoms with E-state index in [1.165, 1.54) is 6.33 Å². The fourth-order valence-corrected chi connectivity index (χ4v) is 2.14. The second kappa shape index (κ2) is 5.04. The molecule has 8 nitrogen and oxygen atoms in total. The van der Waals surface area contributed by atoms with E-state index in [0.717, 1.165) is 0 Å². The van der Waals surface area contributed by atoms with Crippen LogP contribution >= 0.6 is 0 Å². The van der Waals surface area contributed by atoms with Gasteiger partial charge in [-0.25, -0.2) is 9.97 Å². The quantitative estimate of drug-likeness (QED) is 0.792. The van der Waals surface area contributed by atoms with E-state index in [9.17, 15) is 4.79 Å². The molecule has 8 heteroatoms. The summed E-state index contributed by atoms with van der Waals surface area (Å²) in [6, 6.07) is 1.43. The van der Waals surface area contributed by atoms with E-state index in [-0.39, 0.29) is 17.9 Å². The summed E-state index contributed by atoms with van der Waals surface area (Å²) in [5.74, 6) is 2.31. The van der Waals surface area contributed by atoms with Crippen LogP contribution in [0.15, 0.2) is 16.9 Å². The Morgan fingerprint density at radius 1 is 1.38 bits per heavy atom. The van der Waals surface area contributed by atoms with Gasteiger partial charge in [0.15, 0.2) is 17.5 Å². The van der Waals surface area contributed by atoms with Crippen LogP contribution in [0.1, 0.15) is 19.6 Å². The first-order valence-electron chi connectivity index (χ1n) is 6.67. The minimum atomic E-state index is -0.311. The Bertz CT molecular complexity index is 681. The zero-order chi connectivity index (χ0) is 15.0. The third-order valence-corrected chi connectivity index (χ3v) is 3.21. The number of aryl methyl sites for hydroxylation is 1. The molecule has 21 heavy (non-hydrogen) atoms. The van der Waals surface area contributed by atoms with Gasteiger partial charge < -0.3 is 20.5 Å². The van der Waals surface area contributed by atoms with Gasteiger partial charge in [-0.1, -0.05) is 19.0 Å². The van der Waals surface area contributed by atoms with Gasteiger partial charge in [0.1, 0.15) is 23.8 Å². The Balaban J connectivity index is 1.91. The number of nitrogens with one attached hydrogen (secondary N) is 3. The molecule has 1 aliphatic heterocycles. The van der Waals surface area contributed by atoms with E-state index in [4.69, 9.17) is 4.52 Å². The van der Waals surface area contributed by atoms with E-state index < -0.39 is 0 Å². The molecule has 0 bridgehead atoms. The van der Waals surface area contributed by atoms with Crippen molar-refractivity contribution in [3.8, 4) is 0 Å². The smallest absolute Gasteiger partial charge is 0.247 e. The van der Waals surface area contributed by atoms with Gasteiger partial charge in [0.05, 0.1) is 0 Å². The summed E-state index contributed by atoms with van der Waals surface area (Å²) >= 11 is 0. The fraction of sp³-hybridized carbons (Fsp3) is 0.385. The molecule has 1 atom stereocenters. The van der Waals surface area contributed by atoms with Crippen molar-refractivity contribution in [1.82, 2.24) is 15.1 Å². The summed E-state index contributed by atoms with van der Waals surface area (Å²) in [5, 5.41) is 12.8. The number of carbonyl (C=O) groups is 1. The molecule has 2 aromatic rings. The normalized spacial score (nSPS) is 17.1. The summed E-state index contributed by atoms with van der Waals surface area (Å²) in [4.78, 5) is 20.4. The molecule has 1 aliphatic rings. The summed E-state index contributed by atoms with van der Waals surface area (Å²) in [7, 11) is 0. The number of fused-ring (bicyclic) bond motifs is 1. The highest BCUT2D eigenvalue weighted by Gasteiger charge is 2.30. The lowest BCUT2D eigenvalue weighted by Gasteiger charge is -2.28. The summed E-state index contributed by atoms with van der Waals surface area (Å²) in [6.07, 6.45) is 1.43. The number of amides is 1. The number of hydrogen-bond donors (Lipinski definition) is 3. The summed E-state index contributed by atoms with van der Waals surface area (Å²) in [6.45, 7) is 5.74. The molecule has 3 N–H and O–H groups in total. The van der Waals surface area contributed by atoms with Crippen molar-refractivity contribution >= 4 is 29.0 Å². The van der Waals surface area contributed by atoms with Crippen LogP contribution in [0.4, 0.5) is 23.1 Å². The van der Waals surface area contributed by atoms with E-state index in [1.807, 2.05) is 13.8 Å². The van der Waals surface area contributed by atoms with Gasteiger partial charge in [-0.3, -0.25) is 4.79 Å². The first kappa shape index (κ1) is 13.3. The van der Waals surface area contributed by atoms with Crippen LogP contribution in [0.5, 0.6) is 0 Å². The lowest BCUT2D eigenvalue weighted by Crippen LogP contribution is -2.43. The van der Waals surface area contributed by atoms with E-state index in [0.29, 0.717) is 28.9 Å². The molecule has 3 heterocycles. The van der Waals surface area contributed by atoms with E-state index in [1.54, 1.807) is 13.0 Å². The molecule has 0 saturated carbocycles. The van der Waals surface area contributed by atoms with E-state index >= 15 is 0 Å². The highest BCUT2D eigenvalue weighted by Crippen LogP contribution is 2.33. The number of nitrogens with zero attached hydrogens (tertiary/aromatic N) is 3. The van der Waals surface area contributed by atoms with Gasteiger partial charge in [0.25, 0.3) is 0 Å². The maximum atomic E-state index is 12.1. The zero-order valence-electron chi connectivity index (χ0n) is 12.0. The Hall–Kier alpha value is -2.64. The second-order valence-electron chi connectivity index (χ2n) is 5.25. The average Bonchev–Trinajstić information content (AvgIpc) is 2.84. The largest absolute Gasteiger partial charge is 0.360 e. The highest BCUT2D eigenvalue weighted by atomic mass is 16.5. The number of carbonyl (C=O) groups excluding carboxylic acids is 1. The Morgan fingerprint density at radius 3 is 2.86 bits per heavy atom. The minimum absolute atomic E-state index is 0.105. The fourth-order valence-electron chi connectivity index (χ4n) is 2.14. The Morgan fingerprint density at radius 2 is 2.19 bits per heavy atom. The first-order chi connectivity index (χ1) is 10.0. The average molecular weight is 288 g/mol. The van der Waals surface area contributed by atoms with Crippen molar-refractivity contribution in [2.24, 2.45) is 5.92 Å². The number of rotatable bonds is 3. The SMILES string of the molecule is Cc1cc(Nc2ncnc3c2NC(=O)C(C(C)C)N3)no1. The van der Waals surface area contributed by atoms with Crippen molar-refractivity contribution in [2.45, 2.75) is 26.8 Å². The molecular formula is C13H16N6O2. The molecule has 1 amide bonds. The lowest BCUT2D eigenvalue weighted by molar-refractivity contribution is -0.117. The molecule has 0 fully saturated rings. The van der Waals surface area contributed by atoms with Crippen LogP contribution in [0.25, 0.3) is 0 Å². The third-order valence-electron chi connectivity index (χ3n) is 3.21. The van der Waals surface area contributed by atoms with Gasteiger partial charge in [-0.15, -0.1) is 0 Å². The van der Waals surface area contributed by atoms with Crippen LogP contribution < -0.4 is 16.0 Å². The van der Waals surface area contributed by atoms with Crippen molar-refractivity contribution in [3.63, 3.8) is 0 Å². The molecule has 0 saturated heterocycles. The highest BCUT2D eigenvalue weighted by molar-refractivity contribution is 6.05. The molecule has 110 valence electrons. The van der Waals surface area contributed by atoms with Crippen molar-refractivity contribution in [3.05, 3.63) is 18.2 Å². The second-order valence-corrected chi connectivity index (χ2v) is 5.25. The van der Waals surface area contributed by atoms with Crippen LogP contribution in [0, 0.1) is 12.8 Å². The molecule has 0 aliphatic carbocycles. The Labute approximate surface area is 121 Å². The van der Waals surface area contributed by atoms with Crippen LogP contribution in [-0.4, -0.2) is 27.1 Å². The van der Waals surface area contributed by atoms with Gasteiger partial charge in [-0.05, 0) is 12.8 Å². The molecule has 1 unspecified atom stereocenters. The molecule has 2 aromatic heterocycles. The molecule has 3 rings (SSSR count). The third kappa shape index (κ3) is 2.51. The molecular weight excluding hydrogens is 272 g/mol. The predicted octanol–water partition coefficient (Wildman–Crippen LogP) is 1.91. The van der Waals surface area contributed by atoms with Crippen molar-refractivity contribution in [1.29, 1.82) is 0 Å². The van der Waals surface area contributed by atoms with Gasteiger partial charge in [0, 0.05) is 6.07 Å². The predicted molar refractivity (Wildman–Crippen MR) is 77.4 cm³/mol. The number of anilines is 4. The molecule has 0 spiro atoms. The van der Waals surface area contributed by atoms with Crippen LogP contribution in [0.2, 0.25) is 0 Å². The van der Waals surface area contributed by atoms with Gasteiger partial charge in [0.2, 0.25) is 5.91 Å². The van der Waals surface area contributed by atoms with Crippen LogP contribution in [-0.2, 0) is 4.79 Å².